The third-order valence-corrected chi connectivity index (χ3v) is 6.03. The first-order valence-corrected chi connectivity index (χ1v) is 10.3. The molecule has 0 saturated carbocycles. The molecule has 1 amide bonds. The molecular weight excluding hydrogens is 428 g/mol. The van der Waals surface area contributed by atoms with E-state index in [0.29, 0.717) is 27.4 Å². The van der Waals surface area contributed by atoms with Gasteiger partial charge in [0, 0.05) is 28.5 Å². The number of carbonyl (C=O) groups is 2. The number of hydrogen-bond acceptors (Lipinski definition) is 5. The van der Waals surface area contributed by atoms with Gasteiger partial charge in [-0.3, -0.25) is 19.5 Å². The average molecular weight is 445 g/mol. The lowest BCUT2D eigenvalue weighted by atomic mass is 9.95. The Hall–Kier alpha value is -3.90. The fourth-order valence-electron chi connectivity index (χ4n) is 4.03. The SMILES string of the molecule is Cc1c(Cl)cccc1N1C(=O)C(O)=C(C(=O)c2cc3ccccc3o2)C1c1ccncc1. The Labute approximate surface area is 188 Å². The Kier molecular flexibility index (Phi) is 4.79. The van der Waals surface area contributed by atoms with E-state index >= 15 is 0 Å². The molecule has 0 spiro atoms. The lowest BCUT2D eigenvalue weighted by Gasteiger charge is -2.28. The second-order valence-electron chi connectivity index (χ2n) is 7.48. The number of aliphatic hydroxyl groups excluding tert-OH is 1. The molecule has 5 rings (SSSR count). The number of rotatable bonds is 4. The fraction of sp³-hybridized carbons (Fsp3) is 0.0800. The van der Waals surface area contributed by atoms with Crippen molar-refractivity contribution in [1.82, 2.24) is 4.98 Å². The Bertz CT molecular complexity index is 1380. The zero-order valence-corrected chi connectivity index (χ0v) is 17.7. The second-order valence-corrected chi connectivity index (χ2v) is 7.89. The van der Waals surface area contributed by atoms with Crippen LogP contribution in [-0.2, 0) is 4.79 Å². The van der Waals surface area contributed by atoms with Crippen molar-refractivity contribution in [3.05, 3.63) is 106 Å². The molecule has 3 heterocycles. The molecule has 0 bridgehead atoms. The fourth-order valence-corrected chi connectivity index (χ4v) is 4.20. The summed E-state index contributed by atoms with van der Waals surface area (Å²) in [5, 5.41) is 12.1. The van der Waals surface area contributed by atoms with Crippen LogP contribution in [0.4, 0.5) is 5.69 Å². The first-order chi connectivity index (χ1) is 15.5. The quantitative estimate of drug-likeness (QED) is 0.416. The van der Waals surface area contributed by atoms with Crippen LogP contribution >= 0.6 is 11.6 Å². The van der Waals surface area contributed by atoms with E-state index in [1.165, 1.54) is 4.90 Å². The number of hydrogen-bond donors (Lipinski definition) is 1. The highest BCUT2D eigenvalue weighted by Gasteiger charge is 2.45. The van der Waals surface area contributed by atoms with Crippen molar-refractivity contribution in [2.45, 2.75) is 13.0 Å². The minimum Gasteiger partial charge on any atom is -0.503 e. The molecule has 7 heteroatoms. The summed E-state index contributed by atoms with van der Waals surface area (Å²) >= 11 is 6.30. The summed E-state index contributed by atoms with van der Waals surface area (Å²) in [5.41, 5.74) is 2.27. The number of furan rings is 1. The largest absolute Gasteiger partial charge is 0.503 e. The third kappa shape index (κ3) is 3.08. The van der Waals surface area contributed by atoms with Gasteiger partial charge in [0.05, 0.1) is 11.6 Å². The Balaban J connectivity index is 1.69. The van der Waals surface area contributed by atoms with Crippen LogP contribution in [0.25, 0.3) is 11.0 Å². The standard InChI is InChI=1S/C25H17ClN2O4/c1-14-17(26)6-4-7-18(14)28-22(15-9-11-27-12-10-15)21(24(30)25(28)31)23(29)20-13-16-5-2-3-8-19(16)32-20/h2-13,22,30H,1H3. The molecule has 4 aromatic rings. The van der Waals surface area contributed by atoms with Gasteiger partial charge in [0.1, 0.15) is 5.58 Å². The van der Waals surface area contributed by atoms with E-state index in [-0.39, 0.29) is 11.3 Å². The number of halogens is 1. The van der Waals surface area contributed by atoms with Gasteiger partial charge in [-0.05, 0) is 54.4 Å². The Morgan fingerprint density at radius 3 is 2.59 bits per heavy atom. The van der Waals surface area contributed by atoms with Crippen LogP contribution in [-0.4, -0.2) is 21.8 Å². The van der Waals surface area contributed by atoms with E-state index < -0.39 is 23.5 Å². The number of anilines is 1. The molecular formula is C25H17ClN2O4. The Morgan fingerprint density at radius 2 is 1.84 bits per heavy atom. The van der Waals surface area contributed by atoms with Crippen molar-refractivity contribution in [3.8, 4) is 0 Å². The maximum atomic E-state index is 13.6. The van der Waals surface area contributed by atoms with Crippen molar-refractivity contribution in [2.75, 3.05) is 4.90 Å². The second kappa shape index (κ2) is 7.66. The minimum atomic E-state index is -0.872. The monoisotopic (exact) mass is 444 g/mol. The third-order valence-electron chi connectivity index (χ3n) is 5.62. The van der Waals surface area contributed by atoms with Crippen LogP contribution < -0.4 is 4.90 Å². The molecule has 1 aliphatic heterocycles. The van der Waals surface area contributed by atoms with Gasteiger partial charge in [0.15, 0.2) is 11.5 Å². The van der Waals surface area contributed by atoms with E-state index in [9.17, 15) is 14.7 Å². The number of Topliss-reactive ketones (excluding diaryl/α,β-unsaturated/α-hetero) is 1. The van der Waals surface area contributed by atoms with E-state index in [0.717, 1.165) is 5.39 Å². The molecule has 6 nitrogen and oxygen atoms in total. The lowest BCUT2D eigenvalue weighted by Crippen LogP contribution is -2.31. The zero-order valence-electron chi connectivity index (χ0n) is 16.9. The molecule has 1 aliphatic rings. The summed E-state index contributed by atoms with van der Waals surface area (Å²) in [6.45, 7) is 1.78. The van der Waals surface area contributed by atoms with Crippen LogP contribution in [0.1, 0.15) is 27.7 Å². The van der Waals surface area contributed by atoms with E-state index in [4.69, 9.17) is 16.0 Å². The summed E-state index contributed by atoms with van der Waals surface area (Å²) in [6, 6.07) is 16.5. The molecule has 0 radical (unpaired) electrons. The average Bonchev–Trinajstić information content (AvgIpc) is 3.35. The highest BCUT2D eigenvalue weighted by Crippen LogP contribution is 2.44. The van der Waals surface area contributed by atoms with Gasteiger partial charge in [0.2, 0.25) is 5.78 Å². The minimum absolute atomic E-state index is 0.0456. The van der Waals surface area contributed by atoms with Gasteiger partial charge in [-0.2, -0.15) is 0 Å². The number of para-hydroxylation sites is 1. The first-order valence-electron chi connectivity index (χ1n) is 9.92. The van der Waals surface area contributed by atoms with Gasteiger partial charge in [-0.1, -0.05) is 35.9 Å². The number of ketones is 1. The summed E-state index contributed by atoms with van der Waals surface area (Å²) in [5.74, 6) is -1.81. The van der Waals surface area contributed by atoms with Crippen LogP contribution in [0.2, 0.25) is 5.02 Å². The summed E-state index contributed by atoms with van der Waals surface area (Å²) in [7, 11) is 0. The van der Waals surface area contributed by atoms with E-state index in [1.54, 1.807) is 67.8 Å². The molecule has 0 aliphatic carbocycles. The van der Waals surface area contributed by atoms with Crippen molar-refractivity contribution < 1.29 is 19.1 Å². The predicted octanol–water partition coefficient (Wildman–Crippen LogP) is 5.57. The number of benzene rings is 2. The molecule has 32 heavy (non-hydrogen) atoms. The highest BCUT2D eigenvalue weighted by atomic mass is 35.5. The molecule has 2 aromatic heterocycles. The molecule has 1 unspecified atom stereocenters. The normalized spacial score (nSPS) is 16.2. The zero-order chi connectivity index (χ0) is 22.4. The summed E-state index contributed by atoms with van der Waals surface area (Å²) < 4.78 is 5.74. The molecule has 1 N–H and O–H groups in total. The van der Waals surface area contributed by atoms with Gasteiger partial charge in [-0.25, -0.2) is 0 Å². The smallest absolute Gasteiger partial charge is 0.294 e. The molecule has 1 atom stereocenters. The van der Waals surface area contributed by atoms with Crippen LogP contribution in [0, 0.1) is 6.92 Å². The van der Waals surface area contributed by atoms with Gasteiger partial charge in [-0.15, -0.1) is 0 Å². The van der Waals surface area contributed by atoms with Crippen LogP contribution in [0.5, 0.6) is 0 Å². The number of aliphatic hydroxyl groups is 1. The number of pyridine rings is 1. The highest BCUT2D eigenvalue weighted by molar-refractivity contribution is 6.32. The van der Waals surface area contributed by atoms with Crippen molar-refractivity contribution in [2.24, 2.45) is 0 Å². The van der Waals surface area contributed by atoms with Gasteiger partial charge >= 0.3 is 0 Å². The molecule has 0 fully saturated rings. The summed E-state index contributed by atoms with van der Waals surface area (Å²) in [6.07, 6.45) is 3.14. The number of nitrogens with zero attached hydrogens (tertiary/aromatic N) is 2. The number of amides is 1. The van der Waals surface area contributed by atoms with Crippen LogP contribution in [0.3, 0.4) is 0 Å². The van der Waals surface area contributed by atoms with Crippen LogP contribution in [0.15, 0.2) is 88.8 Å². The topological polar surface area (TPSA) is 83.6 Å². The van der Waals surface area contributed by atoms with Crippen molar-refractivity contribution in [1.29, 1.82) is 0 Å². The van der Waals surface area contributed by atoms with Gasteiger partial charge in [0.25, 0.3) is 5.91 Å². The molecule has 158 valence electrons. The van der Waals surface area contributed by atoms with Crippen molar-refractivity contribution >= 4 is 39.9 Å². The van der Waals surface area contributed by atoms with Crippen molar-refractivity contribution in [3.63, 3.8) is 0 Å². The number of fused-ring (bicyclic) bond motifs is 1. The number of carbonyl (C=O) groups excluding carboxylic acids is 2. The number of aromatic nitrogens is 1. The first kappa shape index (κ1) is 20.0. The maximum absolute atomic E-state index is 13.6. The maximum Gasteiger partial charge on any atom is 0.294 e. The predicted molar refractivity (Wildman–Crippen MR) is 121 cm³/mol. The van der Waals surface area contributed by atoms with E-state index in [2.05, 4.69) is 4.98 Å². The molecule has 2 aromatic carbocycles. The lowest BCUT2D eigenvalue weighted by molar-refractivity contribution is -0.117. The summed E-state index contributed by atoms with van der Waals surface area (Å²) in [4.78, 5) is 32.2. The molecule has 0 saturated heterocycles. The van der Waals surface area contributed by atoms with Gasteiger partial charge < -0.3 is 9.52 Å². The van der Waals surface area contributed by atoms with E-state index in [1.807, 2.05) is 12.1 Å². The Morgan fingerprint density at radius 1 is 1.09 bits per heavy atom.